The van der Waals surface area contributed by atoms with E-state index in [-0.39, 0.29) is 11.9 Å². The number of anilines is 1. The largest absolute Gasteiger partial charge is 0.328 e. The number of nitrogens with zero attached hydrogens (tertiary/aromatic N) is 1. The van der Waals surface area contributed by atoms with Crippen LogP contribution in [-0.2, 0) is 4.79 Å². The van der Waals surface area contributed by atoms with Crippen LogP contribution in [0.25, 0.3) is 0 Å². The first-order chi connectivity index (χ1) is 9.54. The lowest BCUT2D eigenvalue weighted by molar-refractivity contribution is -0.117. The van der Waals surface area contributed by atoms with Crippen molar-refractivity contribution in [2.45, 2.75) is 25.8 Å². The fraction of sp³-hybridized carbons (Fsp3) is 0.533. The average molecular weight is 296 g/mol. The molecule has 1 saturated heterocycles. The van der Waals surface area contributed by atoms with E-state index in [2.05, 4.69) is 17.1 Å². The van der Waals surface area contributed by atoms with Gasteiger partial charge in [0.25, 0.3) is 0 Å². The molecule has 1 unspecified atom stereocenters. The Morgan fingerprint density at radius 2 is 2.20 bits per heavy atom. The van der Waals surface area contributed by atoms with E-state index in [0.717, 1.165) is 31.6 Å². The Hall–Kier alpha value is -1.10. The maximum Gasteiger partial charge on any atom is 0.238 e. The zero-order valence-electron chi connectivity index (χ0n) is 11.8. The molecule has 1 heterocycles. The summed E-state index contributed by atoms with van der Waals surface area (Å²) in [5.74, 6) is 0.591. The molecule has 1 aliphatic heterocycles. The highest BCUT2D eigenvalue weighted by Crippen LogP contribution is 2.19. The van der Waals surface area contributed by atoms with E-state index < -0.39 is 0 Å². The second-order valence-electron chi connectivity index (χ2n) is 5.53. The summed E-state index contributed by atoms with van der Waals surface area (Å²) in [5.41, 5.74) is 6.66. The molecule has 1 fully saturated rings. The Labute approximate surface area is 125 Å². The fourth-order valence-corrected chi connectivity index (χ4v) is 2.80. The van der Waals surface area contributed by atoms with E-state index in [1.165, 1.54) is 0 Å². The Kier molecular flexibility index (Phi) is 5.40. The second-order valence-corrected chi connectivity index (χ2v) is 5.97. The predicted octanol–water partition coefficient (Wildman–Crippen LogP) is 2.34. The number of amides is 1. The van der Waals surface area contributed by atoms with Crippen LogP contribution in [0.2, 0.25) is 5.02 Å². The third kappa shape index (κ3) is 4.47. The minimum atomic E-state index is 0.00603. The second kappa shape index (κ2) is 7.07. The highest BCUT2D eigenvalue weighted by atomic mass is 35.5. The van der Waals surface area contributed by atoms with Gasteiger partial charge >= 0.3 is 0 Å². The van der Waals surface area contributed by atoms with Gasteiger partial charge in [-0.3, -0.25) is 9.69 Å². The molecule has 2 rings (SSSR count). The molecular formula is C15H22ClN3O. The lowest BCUT2D eigenvalue weighted by atomic mass is 9.91. The van der Waals surface area contributed by atoms with Crippen molar-refractivity contribution in [3.63, 3.8) is 0 Å². The van der Waals surface area contributed by atoms with E-state index in [4.69, 9.17) is 17.3 Å². The first kappa shape index (κ1) is 15.3. The lowest BCUT2D eigenvalue weighted by Gasteiger charge is -2.33. The molecule has 20 heavy (non-hydrogen) atoms. The Morgan fingerprint density at radius 3 is 2.80 bits per heavy atom. The molecule has 0 saturated carbocycles. The van der Waals surface area contributed by atoms with Crippen LogP contribution in [0.5, 0.6) is 0 Å². The number of nitrogens with one attached hydrogen (secondary N) is 1. The van der Waals surface area contributed by atoms with Crippen LogP contribution in [-0.4, -0.2) is 36.5 Å². The molecule has 0 aliphatic carbocycles. The molecule has 4 nitrogen and oxygen atoms in total. The molecule has 0 radical (unpaired) electrons. The summed E-state index contributed by atoms with van der Waals surface area (Å²) in [4.78, 5) is 14.2. The van der Waals surface area contributed by atoms with E-state index in [0.29, 0.717) is 17.5 Å². The molecule has 0 aromatic heterocycles. The average Bonchev–Trinajstić information content (AvgIpc) is 2.39. The number of halogens is 1. The smallest absolute Gasteiger partial charge is 0.238 e. The van der Waals surface area contributed by atoms with Gasteiger partial charge in [-0.05, 0) is 57.0 Å². The molecule has 1 aliphatic rings. The molecule has 1 aromatic rings. The van der Waals surface area contributed by atoms with Gasteiger partial charge in [0.2, 0.25) is 5.91 Å². The van der Waals surface area contributed by atoms with E-state index in [9.17, 15) is 4.79 Å². The molecule has 0 bridgehead atoms. The minimum Gasteiger partial charge on any atom is -0.328 e. The highest BCUT2D eigenvalue weighted by molar-refractivity contribution is 6.30. The summed E-state index contributed by atoms with van der Waals surface area (Å²) in [7, 11) is 0. The van der Waals surface area contributed by atoms with Crippen LogP contribution in [0.3, 0.4) is 0 Å². The number of carbonyl (C=O) groups is 1. The SMILES string of the molecule is CC(N)C1CCN(CC(=O)Nc2cccc(Cl)c2)CC1. The molecule has 1 aromatic carbocycles. The maximum absolute atomic E-state index is 12.0. The number of benzene rings is 1. The van der Waals surface area contributed by atoms with Crippen molar-refractivity contribution in [3.05, 3.63) is 29.3 Å². The summed E-state index contributed by atoms with van der Waals surface area (Å²) >= 11 is 5.89. The van der Waals surface area contributed by atoms with Gasteiger partial charge in [-0.1, -0.05) is 17.7 Å². The fourth-order valence-electron chi connectivity index (χ4n) is 2.61. The topological polar surface area (TPSA) is 58.4 Å². The van der Waals surface area contributed by atoms with Crippen LogP contribution in [0, 0.1) is 5.92 Å². The number of carbonyl (C=O) groups excluding carboxylic acids is 1. The minimum absolute atomic E-state index is 0.00603. The van der Waals surface area contributed by atoms with Gasteiger partial charge in [-0.2, -0.15) is 0 Å². The van der Waals surface area contributed by atoms with E-state index in [1.54, 1.807) is 12.1 Å². The highest BCUT2D eigenvalue weighted by Gasteiger charge is 2.22. The molecule has 1 atom stereocenters. The molecule has 110 valence electrons. The number of hydrogen-bond acceptors (Lipinski definition) is 3. The standard InChI is InChI=1S/C15H22ClN3O/c1-11(17)12-5-7-19(8-6-12)10-15(20)18-14-4-2-3-13(16)9-14/h2-4,9,11-12H,5-8,10,17H2,1H3,(H,18,20). The molecule has 1 amide bonds. The van der Waals surface area contributed by atoms with Crippen LogP contribution in [0.15, 0.2) is 24.3 Å². The van der Waals surface area contributed by atoms with Crippen molar-refractivity contribution in [1.29, 1.82) is 0 Å². The van der Waals surface area contributed by atoms with Crippen molar-refractivity contribution in [3.8, 4) is 0 Å². The number of hydrogen-bond donors (Lipinski definition) is 2. The summed E-state index contributed by atoms with van der Waals surface area (Å²) < 4.78 is 0. The Balaban J connectivity index is 1.78. The summed E-state index contributed by atoms with van der Waals surface area (Å²) in [6.45, 7) is 4.37. The number of rotatable bonds is 4. The van der Waals surface area contributed by atoms with Gasteiger partial charge in [0.05, 0.1) is 6.54 Å². The summed E-state index contributed by atoms with van der Waals surface area (Å²) in [5, 5.41) is 3.50. The van der Waals surface area contributed by atoms with Crippen molar-refractivity contribution in [2.24, 2.45) is 11.7 Å². The quantitative estimate of drug-likeness (QED) is 0.896. The Bertz CT molecular complexity index is 456. The van der Waals surface area contributed by atoms with Gasteiger partial charge < -0.3 is 11.1 Å². The van der Waals surface area contributed by atoms with Crippen LogP contribution >= 0.6 is 11.6 Å². The summed E-state index contributed by atoms with van der Waals surface area (Å²) in [6.07, 6.45) is 2.14. The monoisotopic (exact) mass is 295 g/mol. The van der Waals surface area contributed by atoms with E-state index in [1.807, 2.05) is 12.1 Å². The van der Waals surface area contributed by atoms with Crippen molar-refractivity contribution in [1.82, 2.24) is 4.90 Å². The van der Waals surface area contributed by atoms with E-state index >= 15 is 0 Å². The van der Waals surface area contributed by atoms with Crippen molar-refractivity contribution < 1.29 is 4.79 Å². The zero-order valence-corrected chi connectivity index (χ0v) is 12.6. The third-order valence-electron chi connectivity index (χ3n) is 3.85. The van der Waals surface area contributed by atoms with Gasteiger partial charge in [-0.25, -0.2) is 0 Å². The Morgan fingerprint density at radius 1 is 1.50 bits per heavy atom. The van der Waals surface area contributed by atoms with Crippen molar-refractivity contribution in [2.75, 3.05) is 25.0 Å². The van der Waals surface area contributed by atoms with Crippen LogP contribution < -0.4 is 11.1 Å². The van der Waals surface area contributed by atoms with Gasteiger partial charge in [0, 0.05) is 16.8 Å². The number of piperidine rings is 1. The van der Waals surface area contributed by atoms with Gasteiger partial charge in [-0.15, -0.1) is 0 Å². The first-order valence-corrected chi connectivity index (χ1v) is 7.46. The van der Waals surface area contributed by atoms with Gasteiger partial charge in [0.15, 0.2) is 0 Å². The van der Waals surface area contributed by atoms with Gasteiger partial charge in [0.1, 0.15) is 0 Å². The maximum atomic E-state index is 12.0. The zero-order chi connectivity index (χ0) is 14.5. The number of nitrogens with two attached hydrogens (primary N) is 1. The summed E-state index contributed by atoms with van der Waals surface area (Å²) in [6, 6.07) is 7.45. The normalized spacial score (nSPS) is 18.8. The van der Waals surface area contributed by atoms with Crippen molar-refractivity contribution >= 4 is 23.2 Å². The third-order valence-corrected chi connectivity index (χ3v) is 4.09. The molecule has 0 spiro atoms. The van der Waals surface area contributed by atoms with Crippen LogP contribution in [0.1, 0.15) is 19.8 Å². The number of likely N-dealkylation sites (tertiary alicyclic amines) is 1. The molecule has 3 N–H and O–H groups in total. The first-order valence-electron chi connectivity index (χ1n) is 7.08. The molecular weight excluding hydrogens is 274 g/mol. The molecule has 5 heteroatoms. The lowest BCUT2D eigenvalue weighted by Crippen LogP contribution is -2.42. The predicted molar refractivity (Wildman–Crippen MR) is 82.9 cm³/mol. The van der Waals surface area contributed by atoms with Crippen LogP contribution in [0.4, 0.5) is 5.69 Å².